The topological polar surface area (TPSA) is 12.0 Å². The van der Waals surface area contributed by atoms with Crippen LogP contribution in [0.5, 0.6) is 0 Å². The Labute approximate surface area is 125 Å². The average Bonchev–Trinajstić information content (AvgIpc) is 2.34. The molecule has 1 N–H and O–H groups in total. The van der Waals surface area contributed by atoms with E-state index in [2.05, 4.69) is 21.2 Å². The van der Waals surface area contributed by atoms with Crippen LogP contribution in [-0.4, -0.2) is 7.05 Å². The number of hydrogen-bond donors (Lipinski definition) is 1. The lowest BCUT2D eigenvalue weighted by Gasteiger charge is -2.20. The molecule has 2 rings (SSSR count). The van der Waals surface area contributed by atoms with Gasteiger partial charge in [0.15, 0.2) is 0 Å². The van der Waals surface area contributed by atoms with Gasteiger partial charge in [0.1, 0.15) is 29.1 Å². The maximum atomic E-state index is 13.9. The van der Waals surface area contributed by atoms with E-state index in [9.17, 15) is 22.0 Å². The minimum absolute atomic E-state index is 0.149. The predicted octanol–water partition coefficient (Wildman–Crippen LogP) is 4.45. The molecule has 0 aliphatic heterocycles. The van der Waals surface area contributed by atoms with Gasteiger partial charge in [-0.3, -0.25) is 0 Å². The van der Waals surface area contributed by atoms with Crippen LogP contribution in [0.3, 0.4) is 0 Å². The van der Waals surface area contributed by atoms with Gasteiger partial charge in [0.25, 0.3) is 0 Å². The fourth-order valence-corrected chi connectivity index (χ4v) is 2.49. The van der Waals surface area contributed by atoms with Crippen LogP contribution in [0.1, 0.15) is 17.2 Å². The summed E-state index contributed by atoms with van der Waals surface area (Å²) in [6.07, 6.45) is 0. The van der Waals surface area contributed by atoms with Gasteiger partial charge in [-0.1, -0.05) is 15.9 Å². The molecule has 0 aromatic heterocycles. The first kappa shape index (κ1) is 15.9. The molecule has 0 saturated heterocycles. The summed E-state index contributed by atoms with van der Waals surface area (Å²) in [6, 6.07) is 1.43. The Kier molecular flexibility index (Phi) is 4.63. The minimum Gasteiger partial charge on any atom is -0.309 e. The lowest BCUT2D eigenvalue weighted by molar-refractivity contribution is 0.474. The van der Waals surface area contributed by atoms with Gasteiger partial charge in [-0.2, -0.15) is 0 Å². The monoisotopic (exact) mass is 365 g/mol. The molecule has 0 saturated carbocycles. The van der Waals surface area contributed by atoms with Crippen molar-refractivity contribution < 1.29 is 22.0 Å². The first-order valence-corrected chi connectivity index (χ1v) is 6.60. The first-order valence-electron chi connectivity index (χ1n) is 5.81. The molecule has 0 radical (unpaired) electrons. The van der Waals surface area contributed by atoms with Crippen molar-refractivity contribution in [2.45, 2.75) is 6.04 Å². The van der Waals surface area contributed by atoms with Crippen molar-refractivity contribution in [2.75, 3.05) is 7.05 Å². The fraction of sp³-hybridized carbons (Fsp3) is 0.143. The molecule has 0 aliphatic rings. The van der Waals surface area contributed by atoms with E-state index in [1.54, 1.807) is 0 Å². The molecule has 0 bridgehead atoms. The molecular weight excluding hydrogens is 357 g/mol. The number of nitrogens with one attached hydrogen (secondary N) is 1. The molecule has 2 aromatic carbocycles. The Balaban J connectivity index is 2.66. The largest absolute Gasteiger partial charge is 0.309 e. The van der Waals surface area contributed by atoms with Crippen molar-refractivity contribution in [1.82, 2.24) is 5.32 Å². The number of rotatable bonds is 3. The summed E-state index contributed by atoms with van der Waals surface area (Å²) in [6.45, 7) is 0. The Bertz CT molecular complexity index is 586. The Morgan fingerprint density at radius 3 is 1.57 bits per heavy atom. The van der Waals surface area contributed by atoms with Crippen molar-refractivity contribution in [3.63, 3.8) is 0 Å². The van der Waals surface area contributed by atoms with E-state index in [0.29, 0.717) is 12.1 Å². The molecular formula is C14H9BrF5N. The van der Waals surface area contributed by atoms with Gasteiger partial charge >= 0.3 is 0 Å². The van der Waals surface area contributed by atoms with Crippen molar-refractivity contribution in [2.24, 2.45) is 0 Å². The molecule has 1 atom stereocenters. The zero-order valence-corrected chi connectivity index (χ0v) is 12.2. The lowest BCUT2D eigenvalue weighted by atomic mass is 9.96. The maximum Gasteiger partial charge on any atom is 0.134 e. The molecule has 0 spiro atoms. The molecule has 1 nitrogen and oxygen atoms in total. The van der Waals surface area contributed by atoms with Crippen LogP contribution in [-0.2, 0) is 0 Å². The normalized spacial score (nSPS) is 12.5. The van der Waals surface area contributed by atoms with Crippen LogP contribution >= 0.6 is 15.9 Å². The Morgan fingerprint density at radius 1 is 0.810 bits per heavy atom. The maximum absolute atomic E-state index is 13.9. The molecule has 0 aliphatic carbocycles. The van der Waals surface area contributed by atoms with E-state index in [0.717, 1.165) is 12.1 Å². The highest BCUT2D eigenvalue weighted by atomic mass is 79.9. The van der Waals surface area contributed by atoms with Crippen LogP contribution in [0.25, 0.3) is 0 Å². The van der Waals surface area contributed by atoms with E-state index in [4.69, 9.17) is 0 Å². The first-order chi connectivity index (χ1) is 9.85. The third-order valence-electron chi connectivity index (χ3n) is 2.95. The summed E-state index contributed by atoms with van der Waals surface area (Å²) in [7, 11) is 1.29. The van der Waals surface area contributed by atoms with Crippen LogP contribution in [0.2, 0.25) is 0 Å². The summed E-state index contributed by atoms with van der Waals surface area (Å²) in [5.41, 5.74) is -1.20. The van der Waals surface area contributed by atoms with Gasteiger partial charge in [0.2, 0.25) is 0 Å². The van der Waals surface area contributed by atoms with Gasteiger partial charge in [0.05, 0.1) is 6.04 Å². The second-order valence-corrected chi connectivity index (χ2v) is 5.20. The highest BCUT2D eigenvalue weighted by Crippen LogP contribution is 2.32. The average molecular weight is 366 g/mol. The van der Waals surface area contributed by atoms with Crippen LogP contribution < -0.4 is 5.32 Å². The fourth-order valence-electron chi connectivity index (χ4n) is 2.09. The van der Waals surface area contributed by atoms with Gasteiger partial charge in [0, 0.05) is 27.7 Å². The smallest absolute Gasteiger partial charge is 0.134 e. The van der Waals surface area contributed by atoms with Gasteiger partial charge in [-0.25, -0.2) is 22.0 Å². The van der Waals surface area contributed by atoms with E-state index in [1.807, 2.05) is 0 Å². The molecule has 2 aromatic rings. The molecule has 112 valence electrons. The summed E-state index contributed by atoms with van der Waals surface area (Å²) < 4.78 is 68.6. The minimum atomic E-state index is -1.43. The van der Waals surface area contributed by atoms with Crippen LogP contribution in [0, 0.1) is 29.1 Å². The van der Waals surface area contributed by atoms with Crippen LogP contribution in [0.4, 0.5) is 22.0 Å². The van der Waals surface area contributed by atoms with Crippen molar-refractivity contribution in [1.29, 1.82) is 0 Å². The molecule has 1 unspecified atom stereocenters. The van der Waals surface area contributed by atoms with Gasteiger partial charge < -0.3 is 5.32 Å². The quantitative estimate of drug-likeness (QED) is 0.792. The zero-order valence-electron chi connectivity index (χ0n) is 10.7. The zero-order chi connectivity index (χ0) is 15.7. The molecule has 7 heteroatoms. The Morgan fingerprint density at radius 2 is 1.19 bits per heavy atom. The molecule has 0 heterocycles. The SMILES string of the molecule is CNC(c1c(F)cc(F)cc1F)c1c(F)cc(Br)cc1F. The third-order valence-corrected chi connectivity index (χ3v) is 3.41. The van der Waals surface area contributed by atoms with E-state index >= 15 is 0 Å². The standard InChI is InChI=1S/C14H9BrF5N/c1-21-14(12-8(17)2-6(15)3-9(12)18)13-10(19)4-7(16)5-11(13)20/h2-5,14,21H,1H3. The van der Waals surface area contributed by atoms with Crippen molar-refractivity contribution in [3.05, 3.63) is 69.0 Å². The summed E-state index contributed by atoms with van der Waals surface area (Å²) in [5, 5.41) is 2.44. The number of hydrogen-bond acceptors (Lipinski definition) is 1. The predicted molar refractivity (Wildman–Crippen MR) is 71.3 cm³/mol. The molecule has 0 fully saturated rings. The molecule has 0 amide bonds. The van der Waals surface area contributed by atoms with E-state index in [1.165, 1.54) is 7.05 Å². The third kappa shape index (κ3) is 3.08. The highest BCUT2D eigenvalue weighted by molar-refractivity contribution is 9.10. The second kappa shape index (κ2) is 6.11. The lowest BCUT2D eigenvalue weighted by Crippen LogP contribution is -2.23. The van der Waals surface area contributed by atoms with Gasteiger partial charge in [-0.05, 0) is 19.2 Å². The summed E-state index contributed by atoms with van der Waals surface area (Å²) in [4.78, 5) is 0. The Hall–Kier alpha value is -1.47. The number of halogens is 6. The van der Waals surface area contributed by atoms with Crippen LogP contribution in [0.15, 0.2) is 28.7 Å². The van der Waals surface area contributed by atoms with Gasteiger partial charge in [-0.15, -0.1) is 0 Å². The van der Waals surface area contributed by atoms with E-state index in [-0.39, 0.29) is 4.47 Å². The second-order valence-electron chi connectivity index (χ2n) is 4.29. The number of benzene rings is 2. The summed E-state index contributed by atoms with van der Waals surface area (Å²) >= 11 is 2.91. The van der Waals surface area contributed by atoms with E-state index < -0.39 is 46.3 Å². The highest BCUT2D eigenvalue weighted by Gasteiger charge is 2.27. The van der Waals surface area contributed by atoms with Crippen molar-refractivity contribution >= 4 is 15.9 Å². The molecule has 21 heavy (non-hydrogen) atoms. The van der Waals surface area contributed by atoms with Crippen molar-refractivity contribution in [3.8, 4) is 0 Å². The summed E-state index contributed by atoms with van der Waals surface area (Å²) in [5.74, 6) is -5.53.